The molecule has 15 heavy (non-hydrogen) atoms. The van der Waals surface area contributed by atoms with Crippen LogP contribution in [0, 0.1) is 0 Å². The van der Waals surface area contributed by atoms with Gasteiger partial charge in [-0.3, -0.25) is 0 Å². The quantitative estimate of drug-likeness (QED) is 0.823. The summed E-state index contributed by atoms with van der Waals surface area (Å²) in [5.41, 5.74) is 7.14. The van der Waals surface area contributed by atoms with Crippen LogP contribution in [0.25, 0.3) is 10.9 Å². The zero-order valence-corrected chi connectivity index (χ0v) is 9.39. The average molecular weight is 242 g/mol. The molecule has 1 aromatic heterocycles. The molecule has 2 aromatic rings. The molecule has 0 saturated carbocycles. The van der Waals surface area contributed by atoms with Crippen LogP contribution in [0.2, 0.25) is 10.3 Å². The smallest absolute Gasteiger partial charge is 0.223 e. The lowest BCUT2D eigenvalue weighted by atomic mass is 10.1. The van der Waals surface area contributed by atoms with Crippen LogP contribution in [0.3, 0.4) is 0 Å². The second-order valence-corrected chi connectivity index (χ2v) is 3.91. The molecular formula is C10H9Cl2N3. The third-order valence-corrected chi connectivity index (χ3v) is 2.49. The van der Waals surface area contributed by atoms with Crippen molar-refractivity contribution in [2.45, 2.75) is 6.42 Å². The van der Waals surface area contributed by atoms with Gasteiger partial charge in [-0.2, -0.15) is 0 Å². The van der Waals surface area contributed by atoms with Gasteiger partial charge in [-0.15, -0.1) is 0 Å². The van der Waals surface area contributed by atoms with E-state index in [0.717, 1.165) is 16.6 Å². The topological polar surface area (TPSA) is 51.8 Å². The van der Waals surface area contributed by atoms with Crippen LogP contribution in [0.4, 0.5) is 0 Å². The van der Waals surface area contributed by atoms with Gasteiger partial charge in [-0.05, 0) is 36.3 Å². The molecule has 0 radical (unpaired) electrons. The van der Waals surface area contributed by atoms with Crippen molar-refractivity contribution in [1.29, 1.82) is 0 Å². The Morgan fingerprint density at radius 2 is 2.00 bits per heavy atom. The van der Waals surface area contributed by atoms with Gasteiger partial charge in [0.15, 0.2) is 0 Å². The number of hydrogen-bond acceptors (Lipinski definition) is 3. The number of aromatic nitrogens is 2. The van der Waals surface area contributed by atoms with E-state index >= 15 is 0 Å². The first-order chi connectivity index (χ1) is 7.20. The molecule has 0 aliphatic heterocycles. The molecule has 0 unspecified atom stereocenters. The molecule has 1 heterocycles. The van der Waals surface area contributed by atoms with E-state index in [4.69, 9.17) is 28.9 Å². The third-order valence-electron chi connectivity index (χ3n) is 2.09. The molecule has 0 fully saturated rings. The van der Waals surface area contributed by atoms with E-state index in [1.54, 1.807) is 6.07 Å². The van der Waals surface area contributed by atoms with E-state index in [2.05, 4.69) is 9.97 Å². The van der Waals surface area contributed by atoms with Crippen LogP contribution in [0.5, 0.6) is 0 Å². The van der Waals surface area contributed by atoms with E-state index < -0.39 is 0 Å². The lowest BCUT2D eigenvalue weighted by Crippen LogP contribution is -2.05. The van der Waals surface area contributed by atoms with E-state index in [-0.39, 0.29) is 5.28 Å². The molecule has 3 nitrogen and oxygen atoms in total. The van der Waals surface area contributed by atoms with E-state index in [0.29, 0.717) is 18.0 Å². The van der Waals surface area contributed by atoms with Crippen molar-refractivity contribution in [2.75, 3.05) is 6.54 Å². The summed E-state index contributed by atoms with van der Waals surface area (Å²) in [5, 5.41) is 1.82. The van der Waals surface area contributed by atoms with Crippen LogP contribution < -0.4 is 5.73 Å². The molecule has 5 heteroatoms. The van der Waals surface area contributed by atoms with Crippen molar-refractivity contribution >= 4 is 34.1 Å². The lowest BCUT2D eigenvalue weighted by Gasteiger charge is -2.04. The summed E-state index contributed by atoms with van der Waals surface area (Å²) in [6.45, 7) is 0.523. The molecule has 0 bridgehead atoms. The number of rotatable bonds is 2. The van der Waals surface area contributed by atoms with Gasteiger partial charge in [0.05, 0.1) is 11.2 Å². The van der Waals surface area contributed by atoms with E-state index in [9.17, 15) is 0 Å². The van der Waals surface area contributed by atoms with Crippen LogP contribution in [-0.2, 0) is 6.42 Å². The predicted octanol–water partition coefficient (Wildman–Crippen LogP) is 2.44. The normalized spacial score (nSPS) is 10.9. The predicted molar refractivity (Wildman–Crippen MR) is 62.3 cm³/mol. The highest BCUT2D eigenvalue weighted by atomic mass is 35.5. The summed E-state index contributed by atoms with van der Waals surface area (Å²) >= 11 is 11.7. The number of nitrogens with two attached hydrogens (primary N) is 1. The van der Waals surface area contributed by atoms with Gasteiger partial charge in [-0.1, -0.05) is 11.6 Å². The molecule has 78 valence electrons. The molecule has 0 amide bonds. The first kappa shape index (κ1) is 10.6. The van der Waals surface area contributed by atoms with Gasteiger partial charge < -0.3 is 5.73 Å². The van der Waals surface area contributed by atoms with Gasteiger partial charge in [0.25, 0.3) is 0 Å². The van der Waals surface area contributed by atoms with Crippen LogP contribution in [-0.4, -0.2) is 16.5 Å². The Hall–Kier alpha value is -0.900. The van der Waals surface area contributed by atoms with Crippen LogP contribution in [0.1, 0.15) is 5.69 Å². The minimum absolute atomic E-state index is 0.244. The van der Waals surface area contributed by atoms with Crippen LogP contribution >= 0.6 is 23.2 Å². The van der Waals surface area contributed by atoms with Crippen molar-refractivity contribution in [2.24, 2.45) is 5.73 Å². The minimum Gasteiger partial charge on any atom is -0.330 e. The Morgan fingerprint density at radius 1 is 1.20 bits per heavy atom. The number of benzene rings is 1. The molecule has 1 aromatic carbocycles. The highest BCUT2D eigenvalue weighted by Gasteiger charge is 2.06. The van der Waals surface area contributed by atoms with Crippen molar-refractivity contribution in [1.82, 2.24) is 9.97 Å². The van der Waals surface area contributed by atoms with Gasteiger partial charge >= 0.3 is 0 Å². The van der Waals surface area contributed by atoms with E-state index in [1.165, 1.54) is 0 Å². The first-order valence-electron chi connectivity index (χ1n) is 4.52. The fraction of sp³-hybridized carbons (Fsp3) is 0.200. The molecule has 0 aliphatic carbocycles. The fourth-order valence-corrected chi connectivity index (χ4v) is 1.83. The average Bonchev–Trinajstić information content (AvgIpc) is 2.19. The molecule has 0 saturated heterocycles. The number of nitrogens with zero attached hydrogens (tertiary/aromatic N) is 2. The van der Waals surface area contributed by atoms with Crippen molar-refractivity contribution < 1.29 is 0 Å². The molecule has 0 spiro atoms. The Labute approximate surface area is 97.2 Å². The molecule has 2 N–H and O–H groups in total. The fourth-order valence-electron chi connectivity index (χ4n) is 1.46. The maximum absolute atomic E-state index is 5.91. The maximum Gasteiger partial charge on any atom is 0.223 e. The molecular weight excluding hydrogens is 233 g/mol. The maximum atomic E-state index is 5.91. The monoisotopic (exact) mass is 241 g/mol. The standard InChI is InChI=1S/C10H9Cl2N3/c11-6-1-2-8-7(5-6)9(3-4-13)15-10(12)14-8/h1-2,5H,3-4,13H2. The largest absolute Gasteiger partial charge is 0.330 e. The summed E-state index contributed by atoms with van der Waals surface area (Å²) in [6, 6.07) is 5.43. The van der Waals surface area contributed by atoms with Crippen molar-refractivity contribution in [3.63, 3.8) is 0 Å². The molecule has 0 aliphatic rings. The van der Waals surface area contributed by atoms with Crippen LogP contribution in [0.15, 0.2) is 18.2 Å². The summed E-state index contributed by atoms with van der Waals surface area (Å²) in [7, 11) is 0. The third kappa shape index (κ3) is 2.20. The van der Waals surface area contributed by atoms with E-state index in [1.807, 2.05) is 12.1 Å². The first-order valence-corrected chi connectivity index (χ1v) is 5.28. The second-order valence-electron chi connectivity index (χ2n) is 3.14. The highest BCUT2D eigenvalue weighted by Crippen LogP contribution is 2.22. The summed E-state index contributed by atoms with van der Waals surface area (Å²) in [6.07, 6.45) is 0.666. The van der Waals surface area contributed by atoms with Gasteiger partial charge in [0.1, 0.15) is 0 Å². The lowest BCUT2D eigenvalue weighted by molar-refractivity contribution is 0.926. The Kier molecular flexibility index (Phi) is 3.05. The number of fused-ring (bicyclic) bond motifs is 1. The SMILES string of the molecule is NCCc1nc(Cl)nc2ccc(Cl)cc12. The van der Waals surface area contributed by atoms with Crippen molar-refractivity contribution in [3.8, 4) is 0 Å². The number of hydrogen-bond donors (Lipinski definition) is 1. The summed E-state index contributed by atoms with van der Waals surface area (Å²) in [5.74, 6) is 0. The van der Waals surface area contributed by atoms with Gasteiger partial charge in [-0.25, -0.2) is 9.97 Å². The second kappa shape index (κ2) is 4.31. The molecule has 0 atom stereocenters. The number of halogens is 2. The Morgan fingerprint density at radius 3 is 2.73 bits per heavy atom. The minimum atomic E-state index is 0.244. The highest BCUT2D eigenvalue weighted by molar-refractivity contribution is 6.31. The zero-order valence-electron chi connectivity index (χ0n) is 7.87. The summed E-state index contributed by atoms with van der Waals surface area (Å²) in [4.78, 5) is 8.26. The van der Waals surface area contributed by atoms with Gasteiger partial charge in [0, 0.05) is 16.8 Å². The molecule has 2 rings (SSSR count). The summed E-state index contributed by atoms with van der Waals surface area (Å²) < 4.78 is 0. The van der Waals surface area contributed by atoms with Crippen molar-refractivity contribution in [3.05, 3.63) is 34.2 Å². The van der Waals surface area contributed by atoms with Gasteiger partial charge in [0.2, 0.25) is 5.28 Å². The Balaban J connectivity index is 2.70. The zero-order chi connectivity index (χ0) is 10.8. The Bertz CT molecular complexity index is 499.